The fraction of sp³-hybridized carbons (Fsp3) is 0.400. The maximum Gasteiger partial charge on any atom is 0.261 e. The lowest BCUT2D eigenvalue weighted by Crippen LogP contribution is -2.27. The number of anilines is 1. The van der Waals surface area contributed by atoms with Crippen LogP contribution in [0.25, 0.3) is 0 Å². The Morgan fingerprint density at radius 3 is 1.96 bits per heavy atom. The van der Waals surface area contributed by atoms with Crippen LogP contribution in [0.2, 0.25) is 0 Å². The van der Waals surface area contributed by atoms with Crippen LogP contribution in [0.1, 0.15) is 44.6 Å². The lowest BCUT2D eigenvalue weighted by atomic mass is 9.99. The van der Waals surface area contributed by atoms with Gasteiger partial charge in [-0.3, -0.25) is 4.72 Å². The quantitative estimate of drug-likeness (QED) is 0.736. The number of nitrogens with one attached hydrogen (secondary N) is 1. The molecule has 0 bridgehead atoms. The maximum atomic E-state index is 12.6. The Hall–Kier alpha value is -1.90. The molecular formula is C20H26N2O4S2. The first-order valence-corrected chi connectivity index (χ1v) is 12.4. The summed E-state index contributed by atoms with van der Waals surface area (Å²) in [5.41, 5.74) is 1.42. The smallest absolute Gasteiger partial charge is 0.261 e. The molecule has 28 heavy (non-hydrogen) atoms. The van der Waals surface area contributed by atoms with Gasteiger partial charge in [0.1, 0.15) is 0 Å². The highest BCUT2D eigenvalue weighted by atomic mass is 32.2. The third kappa shape index (κ3) is 4.39. The molecule has 1 saturated heterocycles. The Labute approximate surface area is 167 Å². The standard InChI is InChI=1S/C20H26N2O4S2/c1-3-16(2)17-6-10-19(11-7-17)27(23,24)21-18-8-12-20(13-9-18)28(25,26)22-14-4-5-15-22/h6-13,16,21H,3-5,14-15H2,1-2H3. The Morgan fingerprint density at radius 2 is 1.43 bits per heavy atom. The third-order valence-corrected chi connectivity index (χ3v) is 8.49. The second-order valence-electron chi connectivity index (χ2n) is 7.12. The molecule has 1 atom stereocenters. The van der Waals surface area contributed by atoms with Gasteiger partial charge in [-0.15, -0.1) is 0 Å². The van der Waals surface area contributed by atoms with Gasteiger partial charge in [-0.25, -0.2) is 16.8 Å². The zero-order valence-corrected chi connectivity index (χ0v) is 17.8. The molecule has 2 aromatic rings. The fourth-order valence-electron chi connectivity index (χ4n) is 3.20. The minimum absolute atomic E-state index is 0.174. The van der Waals surface area contributed by atoms with Gasteiger partial charge < -0.3 is 0 Å². The molecule has 0 spiro atoms. The number of nitrogens with zero attached hydrogens (tertiary/aromatic N) is 1. The molecular weight excluding hydrogens is 396 g/mol. The number of hydrogen-bond donors (Lipinski definition) is 1. The van der Waals surface area contributed by atoms with Crippen LogP contribution in [-0.4, -0.2) is 34.2 Å². The topological polar surface area (TPSA) is 83.5 Å². The molecule has 8 heteroatoms. The van der Waals surface area contributed by atoms with E-state index >= 15 is 0 Å². The molecule has 1 unspecified atom stereocenters. The van der Waals surface area contributed by atoms with Crippen LogP contribution in [-0.2, 0) is 20.0 Å². The van der Waals surface area contributed by atoms with Gasteiger partial charge in [0.25, 0.3) is 10.0 Å². The van der Waals surface area contributed by atoms with Crippen molar-refractivity contribution < 1.29 is 16.8 Å². The van der Waals surface area contributed by atoms with Gasteiger partial charge in [-0.2, -0.15) is 4.31 Å². The van der Waals surface area contributed by atoms with Gasteiger partial charge in [0.15, 0.2) is 0 Å². The monoisotopic (exact) mass is 422 g/mol. The summed E-state index contributed by atoms with van der Waals surface area (Å²) in [6.45, 7) is 5.25. The van der Waals surface area contributed by atoms with Crippen molar-refractivity contribution in [1.82, 2.24) is 4.31 Å². The highest BCUT2D eigenvalue weighted by Gasteiger charge is 2.27. The number of hydrogen-bond acceptors (Lipinski definition) is 4. The van der Waals surface area contributed by atoms with Crippen LogP contribution in [0.4, 0.5) is 5.69 Å². The van der Waals surface area contributed by atoms with Crippen LogP contribution >= 0.6 is 0 Å². The van der Waals surface area contributed by atoms with Gasteiger partial charge in [0.05, 0.1) is 9.79 Å². The predicted octanol–water partition coefficient (Wildman–Crippen LogP) is 3.79. The van der Waals surface area contributed by atoms with E-state index in [4.69, 9.17) is 0 Å². The molecule has 1 heterocycles. The van der Waals surface area contributed by atoms with E-state index < -0.39 is 20.0 Å². The van der Waals surface area contributed by atoms with E-state index in [-0.39, 0.29) is 9.79 Å². The van der Waals surface area contributed by atoms with Gasteiger partial charge in [-0.1, -0.05) is 26.0 Å². The van der Waals surface area contributed by atoms with Crippen molar-refractivity contribution in [3.8, 4) is 0 Å². The van der Waals surface area contributed by atoms with Crippen molar-refractivity contribution in [2.75, 3.05) is 17.8 Å². The van der Waals surface area contributed by atoms with E-state index in [1.54, 1.807) is 12.1 Å². The van der Waals surface area contributed by atoms with Crippen molar-refractivity contribution in [1.29, 1.82) is 0 Å². The Balaban J connectivity index is 1.76. The van der Waals surface area contributed by atoms with E-state index in [9.17, 15) is 16.8 Å². The van der Waals surface area contributed by atoms with E-state index in [0.717, 1.165) is 24.8 Å². The van der Waals surface area contributed by atoms with Gasteiger partial charge in [0.2, 0.25) is 10.0 Å². The molecule has 0 amide bonds. The Morgan fingerprint density at radius 1 is 0.893 bits per heavy atom. The Bertz CT molecular complexity index is 1010. The molecule has 1 aliphatic rings. The summed E-state index contributed by atoms with van der Waals surface area (Å²) in [5, 5.41) is 0. The summed E-state index contributed by atoms with van der Waals surface area (Å²) in [4.78, 5) is 0.351. The molecule has 3 rings (SSSR count). The molecule has 2 aromatic carbocycles. The molecule has 0 aliphatic carbocycles. The lowest BCUT2D eigenvalue weighted by molar-refractivity contribution is 0.477. The van der Waals surface area contributed by atoms with Crippen molar-refractivity contribution >= 4 is 25.7 Å². The summed E-state index contributed by atoms with van der Waals surface area (Å²) in [7, 11) is -7.25. The van der Waals surface area contributed by atoms with Gasteiger partial charge >= 0.3 is 0 Å². The normalized spacial score (nSPS) is 16.8. The first-order valence-electron chi connectivity index (χ1n) is 9.47. The van der Waals surface area contributed by atoms with Crippen LogP contribution in [0.5, 0.6) is 0 Å². The second kappa shape index (κ2) is 8.23. The average Bonchev–Trinajstić information content (AvgIpc) is 3.23. The van der Waals surface area contributed by atoms with E-state index in [0.29, 0.717) is 24.7 Å². The number of benzene rings is 2. The highest BCUT2D eigenvalue weighted by molar-refractivity contribution is 7.92. The van der Waals surface area contributed by atoms with Crippen LogP contribution < -0.4 is 4.72 Å². The second-order valence-corrected chi connectivity index (χ2v) is 10.7. The minimum Gasteiger partial charge on any atom is -0.280 e. The van der Waals surface area contributed by atoms with Crippen molar-refractivity contribution in [3.63, 3.8) is 0 Å². The van der Waals surface area contributed by atoms with Crippen molar-refractivity contribution in [2.24, 2.45) is 0 Å². The van der Waals surface area contributed by atoms with Crippen LogP contribution in [0.3, 0.4) is 0 Å². The molecule has 1 fully saturated rings. The molecule has 1 N–H and O–H groups in total. The SMILES string of the molecule is CCC(C)c1ccc(S(=O)(=O)Nc2ccc(S(=O)(=O)N3CCCC3)cc2)cc1. The first kappa shape index (κ1) is 20.8. The van der Waals surface area contributed by atoms with Crippen LogP contribution in [0.15, 0.2) is 58.3 Å². The van der Waals surface area contributed by atoms with Crippen molar-refractivity contribution in [2.45, 2.75) is 48.8 Å². The summed E-state index contributed by atoms with van der Waals surface area (Å²) in [6.07, 6.45) is 2.72. The van der Waals surface area contributed by atoms with Crippen LogP contribution in [0, 0.1) is 0 Å². The first-order chi connectivity index (χ1) is 13.2. The zero-order valence-electron chi connectivity index (χ0n) is 16.1. The lowest BCUT2D eigenvalue weighted by Gasteiger charge is -2.16. The van der Waals surface area contributed by atoms with Gasteiger partial charge in [-0.05, 0) is 67.1 Å². The molecule has 6 nitrogen and oxygen atoms in total. The third-order valence-electron chi connectivity index (χ3n) is 5.18. The number of rotatable bonds is 7. The van der Waals surface area contributed by atoms with E-state index in [1.807, 2.05) is 12.1 Å². The maximum absolute atomic E-state index is 12.6. The molecule has 0 radical (unpaired) electrons. The summed E-state index contributed by atoms with van der Waals surface area (Å²) in [5.74, 6) is 0.370. The summed E-state index contributed by atoms with van der Waals surface area (Å²) >= 11 is 0. The molecule has 0 aromatic heterocycles. The zero-order chi connectivity index (χ0) is 20.4. The minimum atomic E-state index is -3.74. The molecule has 0 saturated carbocycles. The molecule has 1 aliphatic heterocycles. The van der Waals surface area contributed by atoms with Crippen molar-refractivity contribution in [3.05, 3.63) is 54.1 Å². The average molecular weight is 423 g/mol. The highest BCUT2D eigenvalue weighted by Crippen LogP contribution is 2.24. The fourth-order valence-corrected chi connectivity index (χ4v) is 5.77. The van der Waals surface area contributed by atoms with E-state index in [2.05, 4.69) is 18.6 Å². The summed E-state index contributed by atoms with van der Waals surface area (Å²) < 4.78 is 54.3. The van der Waals surface area contributed by atoms with Gasteiger partial charge in [0, 0.05) is 18.8 Å². The molecule has 152 valence electrons. The van der Waals surface area contributed by atoms with E-state index in [1.165, 1.54) is 28.6 Å². The predicted molar refractivity (Wildman–Crippen MR) is 110 cm³/mol. The number of sulfonamides is 2. The Kier molecular flexibility index (Phi) is 6.12. The summed E-state index contributed by atoms with van der Waals surface area (Å²) in [6, 6.07) is 12.7. The largest absolute Gasteiger partial charge is 0.280 e.